The maximum absolute atomic E-state index is 12.8. The Morgan fingerprint density at radius 1 is 1.07 bits per heavy atom. The predicted molar refractivity (Wildman–Crippen MR) is 112 cm³/mol. The van der Waals surface area contributed by atoms with Crippen molar-refractivity contribution in [1.29, 1.82) is 0 Å². The van der Waals surface area contributed by atoms with Gasteiger partial charge in [0.1, 0.15) is 11.1 Å². The monoisotopic (exact) mass is 433 g/mol. The Morgan fingerprint density at radius 3 is 2.50 bits per heavy atom. The fourth-order valence-electron chi connectivity index (χ4n) is 3.52. The summed E-state index contributed by atoms with van der Waals surface area (Å²) in [6.45, 7) is 1.24. The minimum atomic E-state index is -4.50. The van der Waals surface area contributed by atoms with Gasteiger partial charge in [0.25, 0.3) is 0 Å². The number of nitrogen functional groups attached to an aromatic ring is 1. The van der Waals surface area contributed by atoms with Crippen LogP contribution in [0.4, 0.5) is 24.5 Å². The maximum atomic E-state index is 12.8. The van der Waals surface area contributed by atoms with Crippen molar-refractivity contribution in [3.8, 4) is 17.0 Å². The third-order valence-electron chi connectivity index (χ3n) is 5.03. The van der Waals surface area contributed by atoms with Crippen LogP contribution in [0.25, 0.3) is 11.1 Å². The van der Waals surface area contributed by atoms with Crippen molar-refractivity contribution >= 4 is 23.0 Å². The molecule has 30 heavy (non-hydrogen) atoms. The molecule has 1 aromatic heterocycles. The molecule has 0 radical (unpaired) electrons. The number of rotatable bonds is 4. The topological polar surface area (TPSA) is 51.4 Å². The quantitative estimate of drug-likeness (QED) is 0.539. The van der Waals surface area contributed by atoms with Gasteiger partial charge in [0.05, 0.1) is 23.5 Å². The first kappa shape index (κ1) is 20.3. The van der Waals surface area contributed by atoms with Crippen molar-refractivity contribution < 1.29 is 17.9 Å². The number of alkyl halides is 3. The third-order valence-corrected chi connectivity index (χ3v) is 5.30. The molecule has 156 valence electrons. The van der Waals surface area contributed by atoms with Gasteiger partial charge in [-0.3, -0.25) is 0 Å². The van der Waals surface area contributed by atoms with Gasteiger partial charge in [-0.2, -0.15) is 13.2 Å². The smallest absolute Gasteiger partial charge is 0.417 e. The summed E-state index contributed by atoms with van der Waals surface area (Å²) in [5.41, 5.74) is 9.06. The molecule has 4 rings (SSSR count). The molecule has 1 atom stereocenters. The standard InChI is InChI=1S/C22H19ClF3N3O/c23-18-11-16(22(24,25)26)12-28-21(18)30-17-8-9-29(13-17)20-7-6-15(10-19(20)27)14-4-2-1-3-5-14/h1-7,10-12,17H,8-9,13,27H2/t17-/m0/s1. The summed E-state index contributed by atoms with van der Waals surface area (Å²) in [6, 6.07) is 16.7. The second-order valence-corrected chi connectivity index (χ2v) is 7.53. The number of aromatic nitrogens is 1. The van der Waals surface area contributed by atoms with Crippen LogP contribution in [0.3, 0.4) is 0 Å². The van der Waals surface area contributed by atoms with E-state index in [4.69, 9.17) is 22.1 Å². The number of nitrogens with two attached hydrogens (primary N) is 1. The molecule has 8 heteroatoms. The molecule has 2 aromatic carbocycles. The van der Waals surface area contributed by atoms with E-state index in [-0.39, 0.29) is 17.0 Å². The lowest BCUT2D eigenvalue weighted by Gasteiger charge is -2.21. The Balaban J connectivity index is 1.45. The van der Waals surface area contributed by atoms with Crippen LogP contribution < -0.4 is 15.4 Å². The first-order chi connectivity index (χ1) is 14.3. The molecule has 0 unspecified atom stereocenters. The second-order valence-electron chi connectivity index (χ2n) is 7.12. The van der Waals surface area contributed by atoms with Gasteiger partial charge in [0.2, 0.25) is 5.88 Å². The molecule has 0 bridgehead atoms. The summed E-state index contributed by atoms with van der Waals surface area (Å²) in [6.07, 6.45) is -3.34. The summed E-state index contributed by atoms with van der Waals surface area (Å²) in [4.78, 5) is 5.84. The van der Waals surface area contributed by atoms with Gasteiger partial charge in [0, 0.05) is 19.2 Å². The van der Waals surface area contributed by atoms with Crippen LogP contribution >= 0.6 is 11.6 Å². The van der Waals surface area contributed by atoms with Gasteiger partial charge >= 0.3 is 6.18 Å². The van der Waals surface area contributed by atoms with Gasteiger partial charge in [-0.15, -0.1) is 0 Å². The first-order valence-corrected chi connectivity index (χ1v) is 9.78. The zero-order chi connectivity index (χ0) is 21.3. The Bertz CT molecular complexity index is 1040. The Hall–Kier alpha value is -2.93. The molecule has 0 spiro atoms. The molecule has 0 amide bonds. The van der Waals surface area contributed by atoms with E-state index in [1.807, 2.05) is 48.5 Å². The Labute approximate surface area is 177 Å². The van der Waals surface area contributed by atoms with E-state index in [1.54, 1.807) is 0 Å². The largest absolute Gasteiger partial charge is 0.471 e. The van der Waals surface area contributed by atoms with Crippen LogP contribution in [0.5, 0.6) is 5.88 Å². The van der Waals surface area contributed by atoms with Crippen LogP contribution in [-0.2, 0) is 6.18 Å². The van der Waals surface area contributed by atoms with Crippen LogP contribution in [0, 0.1) is 0 Å². The Morgan fingerprint density at radius 2 is 1.83 bits per heavy atom. The molecular formula is C22H19ClF3N3O. The van der Waals surface area contributed by atoms with Gasteiger partial charge in [-0.25, -0.2) is 4.98 Å². The minimum Gasteiger partial charge on any atom is -0.471 e. The summed E-state index contributed by atoms with van der Waals surface area (Å²) in [7, 11) is 0. The second kappa shape index (κ2) is 8.07. The number of ether oxygens (including phenoxy) is 1. The molecule has 1 aliphatic rings. The Kier molecular flexibility index (Phi) is 5.47. The first-order valence-electron chi connectivity index (χ1n) is 9.40. The molecular weight excluding hydrogens is 415 g/mol. The summed E-state index contributed by atoms with van der Waals surface area (Å²) in [5, 5.41) is -0.157. The van der Waals surface area contributed by atoms with Gasteiger partial charge in [-0.1, -0.05) is 48.0 Å². The summed E-state index contributed by atoms with van der Waals surface area (Å²) < 4.78 is 44.0. The van der Waals surface area contributed by atoms with E-state index in [0.29, 0.717) is 25.2 Å². The summed E-state index contributed by atoms with van der Waals surface area (Å²) >= 11 is 5.95. The minimum absolute atomic E-state index is 0.00362. The van der Waals surface area contributed by atoms with E-state index < -0.39 is 11.7 Å². The number of hydrogen-bond acceptors (Lipinski definition) is 4. The molecule has 2 N–H and O–H groups in total. The molecule has 1 saturated heterocycles. The van der Waals surface area contributed by atoms with Gasteiger partial charge in [-0.05, 0) is 29.3 Å². The lowest BCUT2D eigenvalue weighted by molar-refractivity contribution is -0.137. The maximum Gasteiger partial charge on any atom is 0.417 e. The van der Waals surface area contributed by atoms with Crippen molar-refractivity contribution in [1.82, 2.24) is 4.98 Å². The van der Waals surface area contributed by atoms with Crippen molar-refractivity contribution in [2.75, 3.05) is 23.7 Å². The summed E-state index contributed by atoms with van der Waals surface area (Å²) in [5.74, 6) is 0.00362. The number of nitrogens with zero attached hydrogens (tertiary/aromatic N) is 2. The van der Waals surface area contributed by atoms with Gasteiger partial charge in [0.15, 0.2) is 0 Å². The van der Waals surface area contributed by atoms with Crippen LogP contribution in [0.15, 0.2) is 60.8 Å². The van der Waals surface area contributed by atoms with Gasteiger partial charge < -0.3 is 15.4 Å². The fraction of sp³-hybridized carbons (Fsp3) is 0.227. The zero-order valence-corrected chi connectivity index (χ0v) is 16.6. The number of benzene rings is 2. The molecule has 4 nitrogen and oxygen atoms in total. The highest BCUT2D eigenvalue weighted by atomic mass is 35.5. The average Bonchev–Trinajstić information content (AvgIpc) is 3.17. The van der Waals surface area contributed by atoms with Crippen molar-refractivity contribution in [3.05, 3.63) is 71.4 Å². The van der Waals surface area contributed by atoms with Crippen molar-refractivity contribution in [2.45, 2.75) is 18.7 Å². The SMILES string of the molecule is Nc1cc(-c2ccccc2)ccc1N1CC[C@H](Oc2ncc(C(F)(F)F)cc2Cl)C1. The highest BCUT2D eigenvalue weighted by molar-refractivity contribution is 6.31. The number of anilines is 2. The van der Waals surface area contributed by atoms with Crippen LogP contribution in [0.2, 0.25) is 5.02 Å². The normalized spacial score (nSPS) is 16.7. The third kappa shape index (κ3) is 4.31. The van der Waals surface area contributed by atoms with Crippen LogP contribution in [-0.4, -0.2) is 24.2 Å². The molecule has 0 saturated carbocycles. The van der Waals surface area contributed by atoms with E-state index in [1.165, 1.54) is 0 Å². The number of halogens is 4. The van der Waals surface area contributed by atoms with Crippen molar-refractivity contribution in [2.24, 2.45) is 0 Å². The highest BCUT2D eigenvalue weighted by Crippen LogP contribution is 2.35. The molecule has 3 aromatic rings. The number of pyridine rings is 1. The molecule has 2 heterocycles. The molecule has 1 aliphatic heterocycles. The fourth-order valence-corrected chi connectivity index (χ4v) is 3.73. The molecule has 0 aliphatic carbocycles. The van der Waals surface area contributed by atoms with Crippen molar-refractivity contribution in [3.63, 3.8) is 0 Å². The highest BCUT2D eigenvalue weighted by Gasteiger charge is 2.32. The average molecular weight is 434 g/mol. The van der Waals surface area contributed by atoms with E-state index >= 15 is 0 Å². The van der Waals surface area contributed by atoms with E-state index in [9.17, 15) is 13.2 Å². The predicted octanol–water partition coefficient (Wildman–Crippen LogP) is 5.66. The molecule has 1 fully saturated rings. The van der Waals surface area contributed by atoms with E-state index in [2.05, 4.69) is 9.88 Å². The zero-order valence-electron chi connectivity index (χ0n) is 15.9. The van der Waals surface area contributed by atoms with E-state index in [0.717, 1.165) is 29.1 Å². The lowest BCUT2D eigenvalue weighted by Crippen LogP contribution is -2.25. The lowest BCUT2D eigenvalue weighted by atomic mass is 10.0. The van der Waals surface area contributed by atoms with Crippen LogP contribution in [0.1, 0.15) is 12.0 Å². The number of hydrogen-bond donors (Lipinski definition) is 1.